The van der Waals surface area contributed by atoms with E-state index in [9.17, 15) is 0 Å². The fraction of sp³-hybridized carbons (Fsp3) is 0.360. The number of benzene rings is 3. The van der Waals surface area contributed by atoms with Crippen LogP contribution in [-0.4, -0.2) is 13.1 Å². The molecule has 0 aliphatic carbocycles. The molecule has 1 nitrogen and oxygen atoms in total. The molecule has 0 radical (unpaired) electrons. The van der Waals surface area contributed by atoms with E-state index in [-0.39, 0.29) is 0 Å². The van der Waals surface area contributed by atoms with Gasteiger partial charge in [0.25, 0.3) is 0 Å². The van der Waals surface area contributed by atoms with Gasteiger partial charge in [-0.15, -0.1) is 0 Å². The maximum atomic E-state index is 2.51. The number of rotatable bonds is 8. The SMILES string of the molecule is CCCCCC(Cc1cccc2ccccc12)N(C)c1ccccc1C. The van der Waals surface area contributed by atoms with Crippen molar-refractivity contribution in [3.8, 4) is 0 Å². The fourth-order valence-electron chi connectivity index (χ4n) is 3.94. The van der Waals surface area contributed by atoms with E-state index in [1.807, 2.05) is 0 Å². The zero-order valence-corrected chi connectivity index (χ0v) is 16.4. The number of hydrogen-bond acceptors (Lipinski definition) is 1. The molecule has 0 aliphatic rings. The fourth-order valence-corrected chi connectivity index (χ4v) is 3.94. The van der Waals surface area contributed by atoms with Crippen molar-refractivity contribution in [1.29, 1.82) is 0 Å². The molecule has 0 fully saturated rings. The molecule has 0 bridgehead atoms. The van der Waals surface area contributed by atoms with E-state index >= 15 is 0 Å². The molecule has 0 aliphatic heterocycles. The molecule has 0 saturated heterocycles. The lowest BCUT2D eigenvalue weighted by Crippen LogP contribution is -2.34. The lowest BCUT2D eigenvalue weighted by Gasteiger charge is -2.32. The van der Waals surface area contributed by atoms with E-state index in [0.717, 1.165) is 6.42 Å². The first-order chi connectivity index (χ1) is 12.7. The van der Waals surface area contributed by atoms with Crippen LogP contribution in [0.15, 0.2) is 66.7 Å². The second-order valence-electron chi connectivity index (χ2n) is 7.39. The lowest BCUT2D eigenvalue weighted by atomic mass is 9.94. The first-order valence-corrected chi connectivity index (χ1v) is 9.95. The highest BCUT2D eigenvalue weighted by molar-refractivity contribution is 5.85. The minimum atomic E-state index is 0.522. The molecule has 0 N–H and O–H groups in total. The summed E-state index contributed by atoms with van der Waals surface area (Å²) in [5, 5.41) is 2.74. The quantitative estimate of drug-likeness (QED) is 0.407. The van der Waals surface area contributed by atoms with Crippen molar-refractivity contribution in [3.63, 3.8) is 0 Å². The Labute approximate surface area is 158 Å². The van der Waals surface area contributed by atoms with Crippen LogP contribution in [0.25, 0.3) is 10.8 Å². The van der Waals surface area contributed by atoms with E-state index in [0.29, 0.717) is 6.04 Å². The molecule has 0 amide bonds. The van der Waals surface area contributed by atoms with Crippen molar-refractivity contribution >= 4 is 16.5 Å². The van der Waals surface area contributed by atoms with Crippen LogP contribution in [0.5, 0.6) is 0 Å². The van der Waals surface area contributed by atoms with Crippen LogP contribution in [0.1, 0.15) is 43.7 Å². The van der Waals surface area contributed by atoms with Gasteiger partial charge in [0, 0.05) is 18.8 Å². The molecule has 0 saturated carbocycles. The maximum Gasteiger partial charge on any atom is 0.0395 e. The van der Waals surface area contributed by atoms with E-state index in [4.69, 9.17) is 0 Å². The summed E-state index contributed by atoms with van der Waals surface area (Å²) >= 11 is 0. The van der Waals surface area contributed by atoms with Crippen molar-refractivity contribution in [2.75, 3.05) is 11.9 Å². The summed E-state index contributed by atoms with van der Waals surface area (Å²) in [5.74, 6) is 0. The minimum Gasteiger partial charge on any atom is -0.371 e. The van der Waals surface area contributed by atoms with Gasteiger partial charge in [0.05, 0.1) is 0 Å². The highest BCUT2D eigenvalue weighted by atomic mass is 15.1. The molecular weight excluding hydrogens is 314 g/mol. The first-order valence-electron chi connectivity index (χ1n) is 9.95. The molecule has 3 rings (SSSR count). The predicted molar refractivity (Wildman–Crippen MR) is 115 cm³/mol. The van der Waals surface area contributed by atoms with Gasteiger partial charge >= 0.3 is 0 Å². The Morgan fingerprint density at radius 1 is 0.846 bits per heavy atom. The third-order valence-corrected chi connectivity index (χ3v) is 5.52. The Balaban J connectivity index is 1.89. The summed E-state index contributed by atoms with van der Waals surface area (Å²) in [5.41, 5.74) is 4.17. The standard InChI is InChI=1S/C25H31N/c1-4-5-6-16-23(26(3)25-18-10-7-12-20(25)2)19-22-15-11-14-21-13-8-9-17-24(21)22/h7-15,17-18,23H,4-6,16,19H2,1-3H3. The third kappa shape index (κ3) is 4.27. The highest BCUT2D eigenvalue weighted by Gasteiger charge is 2.18. The van der Waals surface area contributed by atoms with Crippen molar-refractivity contribution in [3.05, 3.63) is 77.9 Å². The van der Waals surface area contributed by atoms with Gasteiger partial charge in [0.2, 0.25) is 0 Å². The summed E-state index contributed by atoms with van der Waals surface area (Å²) in [6.45, 7) is 4.50. The van der Waals surface area contributed by atoms with Crippen LogP contribution in [0.3, 0.4) is 0 Å². The van der Waals surface area contributed by atoms with Crippen molar-refractivity contribution in [1.82, 2.24) is 0 Å². The highest BCUT2D eigenvalue weighted by Crippen LogP contribution is 2.27. The Bertz CT molecular complexity index is 831. The number of likely N-dealkylation sites (N-methyl/N-ethyl adjacent to an activating group) is 1. The molecule has 1 atom stereocenters. The smallest absolute Gasteiger partial charge is 0.0395 e. The van der Waals surface area contributed by atoms with Gasteiger partial charge < -0.3 is 4.90 Å². The van der Waals surface area contributed by atoms with E-state index in [1.165, 1.54) is 53.3 Å². The summed E-state index contributed by atoms with van der Waals surface area (Å²) < 4.78 is 0. The number of nitrogens with zero attached hydrogens (tertiary/aromatic N) is 1. The molecule has 1 heteroatoms. The predicted octanol–water partition coefficient (Wildman–Crippen LogP) is 6.78. The molecule has 0 heterocycles. The van der Waals surface area contributed by atoms with Gasteiger partial charge in [-0.05, 0) is 47.7 Å². The molecule has 0 spiro atoms. The van der Waals surface area contributed by atoms with Crippen LogP contribution in [-0.2, 0) is 6.42 Å². The Morgan fingerprint density at radius 2 is 1.58 bits per heavy atom. The molecule has 0 aromatic heterocycles. The molecule has 136 valence electrons. The van der Waals surface area contributed by atoms with Gasteiger partial charge in [-0.3, -0.25) is 0 Å². The zero-order valence-electron chi connectivity index (χ0n) is 16.4. The molecule has 26 heavy (non-hydrogen) atoms. The van der Waals surface area contributed by atoms with Crippen LogP contribution in [0.2, 0.25) is 0 Å². The average Bonchev–Trinajstić information content (AvgIpc) is 2.67. The average molecular weight is 346 g/mol. The van der Waals surface area contributed by atoms with Crippen LogP contribution < -0.4 is 4.90 Å². The van der Waals surface area contributed by atoms with Crippen LogP contribution in [0, 0.1) is 6.92 Å². The van der Waals surface area contributed by atoms with E-state index < -0.39 is 0 Å². The Kier molecular flexibility index (Phi) is 6.33. The topological polar surface area (TPSA) is 3.24 Å². The van der Waals surface area contributed by atoms with Gasteiger partial charge in [0.1, 0.15) is 0 Å². The molecule has 1 unspecified atom stereocenters. The summed E-state index contributed by atoms with van der Waals surface area (Å²) in [6, 6.07) is 24.8. The van der Waals surface area contributed by atoms with Crippen molar-refractivity contribution < 1.29 is 0 Å². The summed E-state index contributed by atoms with van der Waals surface area (Å²) in [6.07, 6.45) is 6.21. The third-order valence-electron chi connectivity index (χ3n) is 5.52. The normalized spacial score (nSPS) is 12.3. The van der Waals surface area contributed by atoms with Gasteiger partial charge in [-0.25, -0.2) is 0 Å². The number of fused-ring (bicyclic) bond motifs is 1. The molecule has 3 aromatic carbocycles. The largest absolute Gasteiger partial charge is 0.371 e. The minimum absolute atomic E-state index is 0.522. The van der Waals surface area contributed by atoms with Crippen LogP contribution in [0.4, 0.5) is 5.69 Å². The molecule has 3 aromatic rings. The lowest BCUT2D eigenvalue weighted by molar-refractivity contribution is 0.535. The second-order valence-corrected chi connectivity index (χ2v) is 7.39. The van der Waals surface area contributed by atoms with E-state index in [1.54, 1.807) is 0 Å². The van der Waals surface area contributed by atoms with Gasteiger partial charge in [-0.1, -0.05) is 86.8 Å². The summed E-state index contributed by atoms with van der Waals surface area (Å²) in [4.78, 5) is 2.51. The van der Waals surface area contributed by atoms with Crippen molar-refractivity contribution in [2.45, 2.75) is 52.0 Å². The Hall–Kier alpha value is -2.28. The van der Waals surface area contributed by atoms with Crippen molar-refractivity contribution in [2.24, 2.45) is 0 Å². The van der Waals surface area contributed by atoms with Gasteiger partial charge in [-0.2, -0.15) is 0 Å². The number of hydrogen-bond donors (Lipinski definition) is 0. The molecular formula is C25H31N. The van der Waals surface area contributed by atoms with E-state index in [2.05, 4.69) is 92.5 Å². The maximum absolute atomic E-state index is 2.51. The Morgan fingerprint density at radius 3 is 2.38 bits per heavy atom. The zero-order chi connectivity index (χ0) is 18.4. The summed E-state index contributed by atoms with van der Waals surface area (Å²) in [7, 11) is 2.27. The second kappa shape index (κ2) is 8.89. The monoisotopic (exact) mass is 345 g/mol. The van der Waals surface area contributed by atoms with Crippen LogP contribution >= 0.6 is 0 Å². The first kappa shape index (κ1) is 18.5. The number of aryl methyl sites for hydroxylation is 1. The number of para-hydroxylation sites is 1. The van der Waals surface area contributed by atoms with Gasteiger partial charge in [0.15, 0.2) is 0 Å². The number of unbranched alkanes of at least 4 members (excludes halogenated alkanes) is 2. The number of anilines is 1.